The normalized spacial score (nSPS) is 10.8. The van der Waals surface area contributed by atoms with E-state index in [1.165, 1.54) is 6.21 Å². The van der Waals surface area contributed by atoms with Gasteiger partial charge >= 0.3 is 6.03 Å². The molecule has 1 aromatic carbocycles. The van der Waals surface area contributed by atoms with E-state index < -0.39 is 6.03 Å². The molecule has 0 aliphatic heterocycles. The molecule has 0 fully saturated rings. The van der Waals surface area contributed by atoms with Crippen LogP contribution in [0.3, 0.4) is 0 Å². The van der Waals surface area contributed by atoms with Gasteiger partial charge in [0.25, 0.3) is 0 Å². The molecule has 0 radical (unpaired) electrons. The zero-order valence-electron chi connectivity index (χ0n) is 9.86. The maximum atomic E-state index is 11.6. The largest absolute Gasteiger partial charge is 0.447 e. The van der Waals surface area contributed by atoms with Gasteiger partial charge in [-0.1, -0.05) is 22.0 Å². The Morgan fingerprint density at radius 2 is 2.05 bits per heavy atom. The van der Waals surface area contributed by atoms with Crippen LogP contribution in [0.1, 0.15) is 5.76 Å². The predicted octanol–water partition coefficient (Wildman–Crippen LogP) is 4.72. The number of benzene rings is 1. The average Bonchev–Trinajstić information content (AvgIpc) is 2.68. The summed E-state index contributed by atoms with van der Waals surface area (Å²) in [6, 6.07) is 8.53. The molecule has 0 aliphatic carbocycles. The summed E-state index contributed by atoms with van der Waals surface area (Å²) in [5, 5.41) is 6.42. The van der Waals surface area contributed by atoms with E-state index in [4.69, 9.17) is 4.42 Å². The molecule has 0 unspecified atom stereocenters. The molecule has 0 atom stereocenters. The maximum absolute atomic E-state index is 11.6. The summed E-state index contributed by atoms with van der Waals surface area (Å²) in [5.41, 5.74) is 3.00. The predicted molar refractivity (Wildman–Crippen MR) is 88.0 cm³/mol. The number of urea groups is 1. The Bertz CT molecular complexity index is 636. The SMILES string of the molecule is O=C(N/N=C/c1cc(Br)c(Br)o1)Nc1cccc(Br)c1. The Balaban J connectivity index is 1.89. The van der Waals surface area contributed by atoms with Gasteiger partial charge in [0.15, 0.2) is 4.67 Å². The van der Waals surface area contributed by atoms with Crippen molar-refractivity contribution in [2.45, 2.75) is 0 Å². The molecule has 1 aromatic heterocycles. The molecular formula is C12H8Br3N3O2. The first-order valence-corrected chi connectivity index (χ1v) is 7.73. The number of anilines is 1. The lowest BCUT2D eigenvalue weighted by Crippen LogP contribution is -2.24. The molecule has 0 saturated carbocycles. The maximum Gasteiger partial charge on any atom is 0.339 e. The van der Waals surface area contributed by atoms with E-state index in [1.807, 2.05) is 12.1 Å². The molecule has 2 aromatic rings. The first-order valence-electron chi connectivity index (χ1n) is 5.35. The zero-order chi connectivity index (χ0) is 14.5. The number of furan rings is 1. The number of carbonyl (C=O) groups is 1. The minimum atomic E-state index is -0.441. The van der Waals surface area contributed by atoms with Crippen LogP contribution < -0.4 is 10.7 Å². The summed E-state index contributed by atoms with van der Waals surface area (Å²) in [5.74, 6) is 0.506. The fraction of sp³-hybridized carbons (Fsp3) is 0. The average molecular weight is 466 g/mol. The monoisotopic (exact) mass is 463 g/mol. The van der Waals surface area contributed by atoms with Gasteiger partial charge in [0.05, 0.1) is 10.7 Å². The smallest absolute Gasteiger partial charge is 0.339 e. The van der Waals surface area contributed by atoms with Gasteiger partial charge in [-0.05, 0) is 50.1 Å². The molecule has 2 rings (SSSR count). The number of carbonyl (C=O) groups excluding carboxylic acids is 1. The van der Waals surface area contributed by atoms with E-state index in [2.05, 4.69) is 63.6 Å². The van der Waals surface area contributed by atoms with Crippen LogP contribution in [0.4, 0.5) is 10.5 Å². The lowest BCUT2D eigenvalue weighted by molar-refractivity contribution is 0.252. The molecule has 8 heteroatoms. The van der Waals surface area contributed by atoms with Crippen LogP contribution in [-0.2, 0) is 0 Å². The highest BCUT2D eigenvalue weighted by molar-refractivity contribution is 9.13. The number of halogens is 3. The molecule has 0 bridgehead atoms. The third kappa shape index (κ3) is 4.46. The number of amides is 2. The van der Waals surface area contributed by atoms with Gasteiger partial charge in [-0.15, -0.1) is 0 Å². The standard InChI is InChI=1S/C12H8Br3N3O2/c13-7-2-1-3-8(4-7)17-12(19)18-16-6-9-5-10(14)11(15)20-9/h1-6H,(H2,17,18,19)/b16-6+. The number of hydrogen-bond donors (Lipinski definition) is 2. The highest BCUT2D eigenvalue weighted by Crippen LogP contribution is 2.25. The number of hydrazone groups is 1. The molecule has 104 valence electrons. The first kappa shape index (κ1) is 15.3. The molecule has 0 saturated heterocycles. The van der Waals surface area contributed by atoms with E-state index in [-0.39, 0.29) is 0 Å². The Morgan fingerprint density at radius 1 is 1.25 bits per heavy atom. The van der Waals surface area contributed by atoms with Crippen molar-refractivity contribution in [2.24, 2.45) is 5.10 Å². The van der Waals surface area contributed by atoms with Crippen LogP contribution in [-0.4, -0.2) is 12.2 Å². The summed E-state index contributed by atoms with van der Waals surface area (Å²) in [6.45, 7) is 0. The second kappa shape index (κ2) is 7.05. The first-order chi connectivity index (χ1) is 9.54. The lowest BCUT2D eigenvalue weighted by atomic mass is 10.3. The molecule has 20 heavy (non-hydrogen) atoms. The summed E-state index contributed by atoms with van der Waals surface area (Å²) in [7, 11) is 0. The van der Waals surface area contributed by atoms with Gasteiger partial charge in [0.2, 0.25) is 0 Å². The van der Waals surface area contributed by atoms with E-state index in [9.17, 15) is 4.79 Å². The van der Waals surface area contributed by atoms with Crippen LogP contribution in [0.15, 0.2) is 53.5 Å². The lowest BCUT2D eigenvalue weighted by Gasteiger charge is -2.03. The highest BCUT2D eigenvalue weighted by Gasteiger charge is 2.04. The van der Waals surface area contributed by atoms with Crippen LogP contribution >= 0.6 is 47.8 Å². The van der Waals surface area contributed by atoms with Gasteiger partial charge in [-0.3, -0.25) is 0 Å². The third-order valence-electron chi connectivity index (χ3n) is 2.10. The molecule has 2 N–H and O–H groups in total. The quantitative estimate of drug-likeness (QED) is 0.508. The van der Waals surface area contributed by atoms with Gasteiger partial charge < -0.3 is 9.73 Å². The Kier molecular flexibility index (Phi) is 5.38. The van der Waals surface area contributed by atoms with Crippen molar-refractivity contribution in [2.75, 3.05) is 5.32 Å². The Labute approximate surface area is 140 Å². The number of nitrogens with one attached hydrogen (secondary N) is 2. The van der Waals surface area contributed by atoms with E-state index in [1.54, 1.807) is 18.2 Å². The van der Waals surface area contributed by atoms with Crippen LogP contribution in [0.2, 0.25) is 0 Å². The summed E-state index contributed by atoms with van der Waals surface area (Å²) < 4.78 is 7.49. The van der Waals surface area contributed by atoms with Crippen molar-refractivity contribution in [1.82, 2.24) is 5.43 Å². The van der Waals surface area contributed by atoms with Gasteiger partial charge in [-0.25, -0.2) is 10.2 Å². The van der Waals surface area contributed by atoms with Crippen molar-refractivity contribution in [3.05, 3.63) is 49.7 Å². The molecule has 0 spiro atoms. The number of hydrogen-bond acceptors (Lipinski definition) is 3. The molecule has 2 amide bonds. The van der Waals surface area contributed by atoms with Crippen LogP contribution in [0, 0.1) is 0 Å². The second-order valence-corrected chi connectivity index (χ2v) is 6.10. The molecule has 1 heterocycles. The summed E-state index contributed by atoms with van der Waals surface area (Å²) >= 11 is 9.81. The highest BCUT2D eigenvalue weighted by atomic mass is 79.9. The van der Waals surface area contributed by atoms with Crippen molar-refractivity contribution in [3.63, 3.8) is 0 Å². The molecule has 0 aliphatic rings. The van der Waals surface area contributed by atoms with E-state index in [0.29, 0.717) is 16.1 Å². The zero-order valence-corrected chi connectivity index (χ0v) is 14.6. The van der Waals surface area contributed by atoms with E-state index >= 15 is 0 Å². The van der Waals surface area contributed by atoms with Gasteiger partial charge in [-0.2, -0.15) is 5.10 Å². The number of rotatable bonds is 3. The molecular weight excluding hydrogens is 458 g/mol. The third-order valence-corrected chi connectivity index (χ3v) is 4.31. The van der Waals surface area contributed by atoms with Crippen molar-refractivity contribution in [3.8, 4) is 0 Å². The fourth-order valence-corrected chi connectivity index (χ4v) is 2.31. The van der Waals surface area contributed by atoms with Gasteiger partial charge in [0, 0.05) is 16.2 Å². The summed E-state index contributed by atoms with van der Waals surface area (Å²) in [4.78, 5) is 11.6. The molecule has 5 nitrogen and oxygen atoms in total. The Morgan fingerprint density at radius 3 is 2.70 bits per heavy atom. The minimum absolute atomic E-state index is 0.441. The van der Waals surface area contributed by atoms with Crippen LogP contribution in [0.25, 0.3) is 0 Å². The Hall–Kier alpha value is -1.12. The summed E-state index contributed by atoms with van der Waals surface area (Å²) in [6.07, 6.45) is 1.40. The van der Waals surface area contributed by atoms with Gasteiger partial charge in [0.1, 0.15) is 5.76 Å². The number of nitrogens with zero attached hydrogens (tertiary/aromatic N) is 1. The minimum Gasteiger partial charge on any atom is -0.447 e. The van der Waals surface area contributed by atoms with E-state index in [0.717, 1.165) is 8.95 Å². The van der Waals surface area contributed by atoms with Crippen molar-refractivity contribution in [1.29, 1.82) is 0 Å². The van der Waals surface area contributed by atoms with Crippen LogP contribution in [0.5, 0.6) is 0 Å². The van der Waals surface area contributed by atoms with Crippen molar-refractivity contribution < 1.29 is 9.21 Å². The topological polar surface area (TPSA) is 66.6 Å². The second-order valence-electron chi connectivity index (χ2n) is 3.60. The van der Waals surface area contributed by atoms with Crippen molar-refractivity contribution >= 4 is 65.7 Å². The fourth-order valence-electron chi connectivity index (χ4n) is 1.31.